The Morgan fingerprint density at radius 3 is 2.43 bits per heavy atom. The largest absolute Gasteiger partial charge is 0.385 e. The number of thiol groups is 1. The molecule has 9 heteroatoms. The summed E-state index contributed by atoms with van der Waals surface area (Å²) < 4.78 is 3.98. The maximum absolute atomic E-state index is 5.69. The minimum absolute atomic E-state index is 0.112. The molecule has 0 saturated carbocycles. The van der Waals surface area contributed by atoms with Crippen LogP contribution >= 0.6 is 46.8 Å². The van der Waals surface area contributed by atoms with Gasteiger partial charge in [-0.25, -0.2) is 10.0 Å². The van der Waals surface area contributed by atoms with E-state index in [1.807, 2.05) is 0 Å². The van der Waals surface area contributed by atoms with Gasteiger partial charge in [-0.2, -0.15) is 0 Å². The first-order valence-corrected chi connectivity index (χ1v) is 10.6. The zero-order chi connectivity index (χ0) is 16.0. The van der Waals surface area contributed by atoms with Gasteiger partial charge >= 0.3 is 0 Å². The van der Waals surface area contributed by atoms with E-state index in [1.54, 1.807) is 0 Å². The number of hydrogen-bond acceptors (Lipinski definition) is 7. The quantitative estimate of drug-likeness (QED) is 0.170. The van der Waals surface area contributed by atoms with E-state index < -0.39 is 10.0 Å². The van der Waals surface area contributed by atoms with Crippen LogP contribution in [0, 0.1) is 0 Å². The van der Waals surface area contributed by atoms with Crippen molar-refractivity contribution in [1.29, 1.82) is 0 Å². The van der Waals surface area contributed by atoms with Gasteiger partial charge in [-0.1, -0.05) is 17.9 Å². The van der Waals surface area contributed by atoms with E-state index in [0.29, 0.717) is 14.7 Å². The van der Waals surface area contributed by atoms with E-state index in [2.05, 4.69) is 58.2 Å². The normalized spacial score (nSPS) is 19.0. The Labute approximate surface area is 148 Å². The highest BCUT2D eigenvalue weighted by atomic mass is 32.3. The third-order valence-corrected chi connectivity index (χ3v) is 7.36. The Balaban J connectivity index is 3.15. The fourth-order valence-electron chi connectivity index (χ4n) is 1.79. The zero-order valence-electron chi connectivity index (χ0n) is 12.0. The average Bonchev–Trinajstić information content (AvgIpc) is 2.39. The van der Waals surface area contributed by atoms with Crippen molar-refractivity contribution in [2.45, 2.75) is 0 Å². The lowest BCUT2D eigenvalue weighted by molar-refractivity contribution is 0.369. The summed E-state index contributed by atoms with van der Waals surface area (Å²) in [7, 11) is 1.31. The van der Waals surface area contributed by atoms with Gasteiger partial charge < -0.3 is 16.4 Å². The molecule has 0 aromatic heterocycles. The van der Waals surface area contributed by atoms with Gasteiger partial charge in [0, 0.05) is 37.5 Å². The van der Waals surface area contributed by atoms with Crippen LogP contribution in [0.2, 0.25) is 0 Å². The number of rotatable bonds is 5. The van der Waals surface area contributed by atoms with Crippen LogP contribution in [0.15, 0.2) is 31.2 Å². The molecule has 118 valence electrons. The average molecular weight is 381 g/mol. The van der Waals surface area contributed by atoms with Gasteiger partial charge in [0.2, 0.25) is 0 Å². The summed E-state index contributed by atoms with van der Waals surface area (Å²) in [6.45, 7) is 2.20. The molecular formula is C12H20N4S5. The number of nitrogens with zero attached hydrogens (tertiary/aromatic N) is 2. The Hall–Kier alpha value is -0.0200. The highest BCUT2D eigenvalue weighted by Crippen LogP contribution is 2.47. The fourth-order valence-corrected chi connectivity index (χ4v) is 5.49. The second-order valence-corrected chi connectivity index (χ2v) is 11.1. The lowest BCUT2D eigenvalue weighted by Crippen LogP contribution is -2.34. The van der Waals surface area contributed by atoms with Crippen molar-refractivity contribution in [2.75, 3.05) is 37.9 Å². The SMILES string of the molecule is CN1CCS(C)(C=C=C(SN=S)C(C(=S)S)=C(N)N)CC1. The standard InChI is InChI=1S/C12H20N4S5/c1-16-4-7-21(2,8-5-16)6-3-9(20-15-19)10(11(13)14)12(17)18/h6H,4-5,7-8,13-14H2,1-2H3,(H,17,18). The van der Waals surface area contributed by atoms with Gasteiger partial charge in [-0.05, 0) is 30.2 Å². The van der Waals surface area contributed by atoms with Gasteiger partial charge in [-0.15, -0.1) is 16.4 Å². The minimum Gasteiger partial charge on any atom is -0.385 e. The number of thiocarbonyl (C=S) groups is 1. The predicted molar refractivity (Wildman–Crippen MR) is 107 cm³/mol. The summed E-state index contributed by atoms with van der Waals surface area (Å²) in [6.07, 6.45) is 2.30. The lowest BCUT2D eigenvalue weighted by Gasteiger charge is -2.39. The summed E-state index contributed by atoms with van der Waals surface area (Å²) in [5.41, 5.74) is 15.1. The van der Waals surface area contributed by atoms with E-state index >= 15 is 0 Å². The summed E-state index contributed by atoms with van der Waals surface area (Å²) in [4.78, 5) is 2.98. The van der Waals surface area contributed by atoms with E-state index in [-0.39, 0.29) is 5.82 Å². The topological polar surface area (TPSA) is 67.6 Å². The molecule has 1 heterocycles. The molecule has 1 rings (SSSR count). The van der Waals surface area contributed by atoms with Gasteiger partial charge in [0.15, 0.2) is 0 Å². The maximum atomic E-state index is 5.69. The highest BCUT2D eigenvalue weighted by Gasteiger charge is 2.21. The molecule has 1 aliphatic rings. The second-order valence-electron chi connectivity index (χ2n) is 4.95. The smallest absolute Gasteiger partial charge is 0.105 e. The molecule has 0 radical (unpaired) electrons. The van der Waals surface area contributed by atoms with Crippen LogP contribution in [-0.2, 0) is 12.4 Å². The first kappa shape index (κ1) is 19.0. The Kier molecular flexibility index (Phi) is 7.77. The molecule has 1 saturated heterocycles. The van der Waals surface area contributed by atoms with Crippen molar-refractivity contribution in [1.82, 2.24) is 4.90 Å². The van der Waals surface area contributed by atoms with E-state index in [9.17, 15) is 0 Å². The lowest BCUT2D eigenvalue weighted by atomic mass is 10.3. The zero-order valence-corrected chi connectivity index (χ0v) is 16.2. The van der Waals surface area contributed by atoms with Crippen LogP contribution in [0.5, 0.6) is 0 Å². The Morgan fingerprint density at radius 2 is 2.00 bits per heavy atom. The Morgan fingerprint density at radius 1 is 1.43 bits per heavy atom. The van der Waals surface area contributed by atoms with Crippen LogP contribution in [0.25, 0.3) is 0 Å². The van der Waals surface area contributed by atoms with E-state index in [1.165, 1.54) is 0 Å². The number of allylic oxidation sites excluding steroid dienone is 1. The molecule has 4 N–H and O–H groups in total. The fraction of sp³-hybridized carbons (Fsp3) is 0.500. The molecule has 0 aromatic carbocycles. The van der Waals surface area contributed by atoms with Gasteiger partial charge in [-0.3, -0.25) is 0 Å². The van der Waals surface area contributed by atoms with Crippen LogP contribution in [0.1, 0.15) is 0 Å². The molecular weight excluding hydrogens is 360 g/mol. The predicted octanol–water partition coefficient (Wildman–Crippen LogP) is 2.13. The van der Waals surface area contributed by atoms with Gasteiger partial charge in [0.05, 0.1) is 14.7 Å². The molecule has 0 amide bonds. The molecule has 21 heavy (non-hydrogen) atoms. The minimum atomic E-state index is -0.831. The first-order chi connectivity index (χ1) is 9.79. The van der Waals surface area contributed by atoms with Gasteiger partial charge in [0.25, 0.3) is 0 Å². The summed E-state index contributed by atoms with van der Waals surface area (Å²) in [5, 5.41) is 2.14. The number of hydrogen-bond donors (Lipinski definition) is 3. The summed E-state index contributed by atoms with van der Waals surface area (Å²) in [6, 6.07) is 0. The van der Waals surface area contributed by atoms with Crippen molar-refractivity contribution >= 4 is 63.4 Å². The van der Waals surface area contributed by atoms with Crippen LogP contribution in [0.4, 0.5) is 0 Å². The monoisotopic (exact) mass is 380 g/mol. The second kappa shape index (κ2) is 8.57. The first-order valence-electron chi connectivity index (χ1n) is 6.16. The Bertz CT molecular complexity index is 510. The summed E-state index contributed by atoms with van der Waals surface area (Å²) in [5.74, 6) is 2.42. The molecule has 0 spiro atoms. The van der Waals surface area contributed by atoms with Crippen LogP contribution in [-0.4, -0.2) is 47.0 Å². The maximum Gasteiger partial charge on any atom is 0.105 e. The number of nitrogens with two attached hydrogens (primary N) is 2. The van der Waals surface area contributed by atoms with E-state index in [0.717, 1.165) is 36.5 Å². The van der Waals surface area contributed by atoms with E-state index in [4.69, 9.17) is 23.7 Å². The van der Waals surface area contributed by atoms with Crippen LogP contribution in [0.3, 0.4) is 0 Å². The highest BCUT2D eigenvalue weighted by molar-refractivity contribution is 8.35. The summed E-state index contributed by atoms with van der Waals surface area (Å²) >= 11 is 15.0. The van der Waals surface area contributed by atoms with Crippen molar-refractivity contribution in [3.63, 3.8) is 0 Å². The third kappa shape index (κ3) is 5.94. The molecule has 1 fully saturated rings. The van der Waals surface area contributed by atoms with Crippen molar-refractivity contribution in [3.05, 3.63) is 27.4 Å². The van der Waals surface area contributed by atoms with Crippen molar-refractivity contribution in [2.24, 2.45) is 15.2 Å². The molecule has 1 aliphatic heterocycles. The van der Waals surface area contributed by atoms with Crippen LogP contribution < -0.4 is 11.5 Å². The third-order valence-electron chi connectivity index (χ3n) is 3.21. The van der Waals surface area contributed by atoms with Gasteiger partial charge in [0.1, 0.15) is 5.82 Å². The molecule has 0 atom stereocenters. The molecule has 0 aromatic rings. The molecule has 0 unspecified atom stereocenters. The van der Waals surface area contributed by atoms with Crippen molar-refractivity contribution in [3.8, 4) is 0 Å². The molecule has 0 bridgehead atoms. The molecule has 4 nitrogen and oxygen atoms in total. The van der Waals surface area contributed by atoms with Crippen molar-refractivity contribution < 1.29 is 0 Å². The molecule has 0 aliphatic carbocycles.